The molecule has 0 aromatic heterocycles. The van der Waals surface area contributed by atoms with Crippen molar-refractivity contribution in [1.29, 1.82) is 0 Å². The summed E-state index contributed by atoms with van der Waals surface area (Å²) in [6.07, 6.45) is 2.26. The Labute approximate surface area is 97.8 Å². The summed E-state index contributed by atoms with van der Waals surface area (Å²) < 4.78 is 0. The van der Waals surface area contributed by atoms with E-state index in [0.717, 1.165) is 31.8 Å². The molecule has 15 heavy (non-hydrogen) atoms. The van der Waals surface area contributed by atoms with Gasteiger partial charge in [0, 0.05) is 12.4 Å². The molecule has 1 N–H and O–H groups in total. The van der Waals surface area contributed by atoms with Crippen molar-refractivity contribution in [3.63, 3.8) is 0 Å². The first kappa shape index (κ1) is 12.5. The number of aryl methyl sites for hydroxylation is 2. The summed E-state index contributed by atoms with van der Waals surface area (Å²) in [4.78, 5) is 0. The van der Waals surface area contributed by atoms with Gasteiger partial charge in [0.25, 0.3) is 0 Å². The molecule has 0 aliphatic rings. The number of hydrogen-bond acceptors (Lipinski definition) is 1. The van der Waals surface area contributed by atoms with Crippen LogP contribution in [-0.2, 0) is 6.54 Å². The summed E-state index contributed by atoms with van der Waals surface area (Å²) in [6.45, 7) is 6.32. The summed E-state index contributed by atoms with van der Waals surface area (Å²) >= 11 is 5.62. The molecular weight excluding hydrogens is 206 g/mol. The lowest BCUT2D eigenvalue weighted by molar-refractivity contribution is 0.641. The van der Waals surface area contributed by atoms with Gasteiger partial charge < -0.3 is 5.32 Å². The number of unbranched alkanes of at least 4 members (excludes halogenated alkanes) is 1. The summed E-state index contributed by atoms with van der Waals surface area (Å²) in [5.41, 5.74) is 4.10. The minimum atomic E-state index is 0.769. The third kappa shape index (κ3) is 4.67. The van der Waals surface area contributed by atoms with Crippen molar-refractivity contribution in [1.82, 2.24) is 5.32 Å². The fraction of sp³-hybridized carbons (Fsp3) is 0.538. The smallest absolute Gasteiger partial charge is 0.0223 e. The number of hydrogen-bond donors (Lipinski definition) is 1. The van der Waals surface area contributed by atoms with Gasteiger partial charge in [-0.1, -0.05) is 23.8 Å². The largest absolute Gasteiger partial charge is 0.313 e. The van der Waals surface area contributed by atoms with Gasteiger partial charge in [0.05, 0.1) is 0 Å². The van der Waals surface area contributed by atoms with Gasteiger partial charge in [0.15, 0.2) is 0 Å². The zero-order valence-corrected chi connectivity index (χ0v) is 10.4. The predicted molar refractivity (Wildman–Crippen MR) is 67.6 cm³/mol. The molecule has 0 atom stereocenters. The second-order valence-electron chi connectivity index (χ2n) is 4.00. The van der Waals surface area contributed by atoms with E-state index in [1.54, 1.807) is 0 Å². The Kier molecular flexibility index (Phi) is 5.74. The monoisotopic (exact) mass is 225 g/mol. The van der Waals surface area contributed by atoms with Crippen molar-refractivity contribution in [3.05, 3.63) is 34.9 Å². The van der Waals surface area contributed by atoms with E-state index in [1.165, 1.54) is 16.7 Å². The van der Waals surface area contributed by atoms with E-state index in [9.17, 15) is 0 Å². The Hall–Kier alpha value is -0.530. The van der Waals surface area contributed by atoms with E-state index < -0.39 is 0 Å². The van der Waals surface area contributed by atoms with Crippen molar-refractivity contribution in [2.24, 2.45) is 0 Å². The number of rotatable bonds is 6. The molecule has 0 saturated carbocycles. The van der Waals surface area contributed by atoms with Crippen molar-refractivity contribution in [3.8, 4) is 0 Å². The van der Waals surface area contributed by atoms with Gasteiger partial charge in [0.1, 0.15) is 0 Å². The van der Waals surface area contributed by atoms with Gasteiger partial charge in [-0.05, 0) is 44.4 Å². The van der Waals surface area contributed by atoms with Gasteiger partial charge in [-0.3, -0.25) is 0 Å². The van der Waals surface area contributed by atoms with Crippen LogP contribution in [0, 0.1) is 13.8 Å². The Morgan fingerprint density at radius 2 is 2.00 bits per heavy atom. The van der Waals surface area contributed by atoms with Crippen LogP contribution in [0.3, 0.4) is 0 Å². The minimum Gasteiger partial charge on any atom is -0.313 e. The third-order valence-corrected chi connectivity index (χ3v) is 2.82. The molecule has 0 amide bonds. The maximum atomic E-state index is 5.62. The second-order valence-corrected chi connectivity index (χ2v) is 4.38. The van der Waals surface area contributed by atoms with E-state index in [4.69, 9.17) is 11.6 Å². The Morgan fingerprint density at radius 1 is 1.20 bits per heavy atom. The predicted octanol–water partition coefficient (Wildman–Crippen LogP) is 3.41. The molecule has 1 aromatic rings. The Bertz CT molecular complexity index is 297. The Morgan fingerprint density at radius 3 is 2.73 bits per heavy atom. The van der Waals surface area contributed by atoms with Crippen LogP contribution in [0.5, 0.6) is 0 Å². The molecule has 0 heterocycles. The molecule has 84 valence electrons. The highest BCUT2D eigenvalue weighted by molar-refractivity contribution is 6.17. The van der Waals surface area contributed by atoms with Crippen LogP contribution in [0.2, 0.25) is 0 Å². The number of benzene rings is 1. The fourth-order valence-electron chi connectivity index (χ4n) is 1.56. The van der Waals surface area contributed by atoms with Crippen molar-refractivity contribution in [2.45, 2.75) is 33.2 Å². The summed E-state index contributed by atoms with van der Waals surface area (Å²) in [7, 11) is 0. The zero-order valence-electron chi connectivity index (χ0n) is 9.65. The highest BCUT2D eigenvalue weighted by Crippen LogP contribution is 2.10. The highest BCUT2D eigenvalue weighted by Gasteiger charge is 1.97. The molecule has 0 radical (unpaired) electrons. The normalized spacial score (nSPS) is 10.6. The van der Waals surface area contributed by atoms with E-state index in [2.05, 4.69) is 37.4 Å². The third-order valence-electron chi connectivity index (χ3n) is 2.56. The molecule has 1 rings (SSSR count). The van der Waals surface area contributed by atoms with Crippen LogP contribution in [0.25, 0.3) is 0 Å². The SMILES string of the molecule is Cc1ccc(C)c(CNCCCCCl)c1. The lowest BCUT2D eigenvalue weighted by Crippen LogP contribution is -2.15. The fourth-order valence-corrected chi connectivity index (χ4v) is 1.75. The lowest BCUT2D eigenvalue weighted by Gasteiger charge is -2.08. The van der Waals surface area contributed by atoms with E-state index >= 15 is 0 Å². The molecule has 0 fully saturated rings. The Balaban J connectivity index is 2.33. The van der Waals surface area contributed by atoms with Gasteiger partial charge in [-0.15, -0.1) is 11.6 Å². The van der Waals surface area contributed by atoms with Crippen molar-refractivity contribution < 1.29 is 0 Å². The quantitative estimate of drug-likeness (QED) is 0.578. The van der Waals surface area contributed by atoms with Crippen LogP contribution in [0.15, 0.2) is 18.2 Å². The number of halogens is 1. The average Bonchev–Trinajstić information content (AvgIpc) is 2.23. The van der Waals surface area contributed by atoms with Crippen LogP contribution >= 0.6 is 11.6 Å². The average molecular weight is 226 g/mol. The first-order chi connectivity index (χ1) is 7.24. The lowest BCUT2D eigenvalue weighted by atomic mass is 10.1. The van der Waals surface area contributed by atoms with Crippen molar-refractivity contribution in [2.75, 3.05) is 12.4 Å². The van der Waals surface area contributed by atoms with Crippen LogP contribution in [0.1, 0.15) is 29.5 Å². The van der Waals surface area contributed by atoms with Gasteiger partial charge >= 0.3 is 0 Å². The molecule has 0 spiro atoms. The molecule has 1 nitrogen and oxygen atoms in total. The number of alkyl halides is 1. The van der Waals surface area contributed by atoms with Gasteiger partial charge in [-0.25, -0.2) is 0 Å². The molecule has 0 aliphatic heterocycles. The maximum Gasteiger partial charge on any atom is 0.0223 e. The topological polar surface area (TPSA) is 12.0 Å². The second kappa shape index (κ2) is 6.86. The van der Waals surface area contributed by atoms with E-state index in [1.807, 2.05) is 0 Å². The van der Waals surface area contributed by atoms with Crippen molar-refractivity contribution >= 4 is 11.6 Å². The molecule has 0 aliphatic carbocycles. The zero-order chi connectivity index (χ0) is 11.1. The molecule has 2 heteroatoms. The molecular formula is C13H20ClN. The first-order valence-corrected chi connectivity index (χ1v) is 6.10. The minimum absolute atomic E-state index is 0.769. The van der Waals surface area contributed by atoms with Crippen LogP contribution < -0.4 is 5.32 Å². The summed E-state index contributed by atoms with van der Waals surface area (Å²) in [5, 5.41) is 3.45. The van der Waals surface area contributed by atoms with Crippen LogP contribution in [0.4, 0.5) is 0 Å². The van der Waals surface area contributed by atoms with Gasteiger partial charge in [0.2, 0.25) is 0 Å². The number of nitrogens with one attached hydrogen (secondary N) is 1. The molecule has 1 aromatic carbocycles. The molecule has 0 bridgehead atoms. The first-order valence-electron chi connectivity index (χ1n) is 5.57. The maximum absolute atomic E-state index is 5.62. The summed E-state index contributed by atoms with van der Waals surface area (Å²) in [5.74, 6) is 0.769. The summed E-state index contributed by atoms with van der Waals surface area (Å²) in [6, 6.07) is 6.60. The molecule has 0 saturated heterocycles. The standard InChI is InChI=1S/C13H20ClN/c1-11-5-6-12(2)13(9-11)10-15-8-4-3-7-14/h5-6,9,15H,3-4,7-8,10H2,1-2H3. The molecule has 0 unspecified atom stereocenters. The van der Waals surface area contributed by atoms with Crippen LogP contribution in [-0.4, -0.2) is 12.4 Å². The van der Waals surface area contributed by atoms with E-state index in [0.29, 0.717) is 0 Å². The highest BCUT2D eigenvalue weighted by atomic mass is 35.5. The van der Waals surface area contributed by atoms with Gasteiger partial charge in [-0.2, -0.15) is 0 Å². The van der Waals surface area contributed by atoms with E-state index in [-0.39, 0.29) is 0 Å².